The number of hydrogen-bond acceptors (Lipinski definition) is 1. The van der Waals surface area contributed by atoms with Gasteiger partial charge in [-0.15, -0.1) is 0 Å². The first-order valence-corrected chi connectivity index (χ1v) is 7.77. The summed E-state index contributed by atoms with van der Waals surface area (Å²) >= 11 is 0. The molecule has 1 heteroatoms. The average molecular weight is 265 g/mol. The molecule has 1 aliphatic carbocycles. The van der Waals surface area contributed by atoms with Crippen molar-refractivity contribution < 1.29 is 0 Å². The molecule has 1 aliphatic rings. The topological polar surface area (TPSA) is 12.0 Å². The molecular weight excluding hydrogens is 242 g/mol. The fourth-order valence-corrected chi connectivity index (χ4v) is 3.17. The van der Waals surface area contributed by atoms with Crippen molar-refractivity contribution in [1.29, 1.82) is 0 Å². The van der Waals surface area contributed by atoms with E-state index in [0.29, 0.717) is 5.92 Å². The van der Waals surface area contributed by atoms with Gasteiger partial charge in [-0.25, -0.2) is 0 Å². The van der Waals surface area contributed by atoms with Crippen molar-refractivity contribution in [3.8, 4) is 0 Å². The van der Waals surface area contributed by atoms with E-state index in [9.17, 15) is 0 Å². The highest BCUT2D eigenvalue weighted by atomic mass is 14.9. The van der Waals surface area contributed by atoms with E-state index in [1.54, 1.807) is 11.1 Å². The highest BCUT2D eigenvalue weighted by Gasteiger charge is 2.19. The Hall–Kier alpha value is -1.76. The predicted molar refractivity (Wildman–Crippen MR) is 86.4 cm³/mol. The Morgan fingerprint density at radius 3 is 2.65 bits per heavy atom. The number of benzene rings is 2. The summed E-state index contributed by atoms with van der Waals surface area (Å²) < 4.78 is 0. The van der Waals surface area contributed by atoms with Gasteiger partial charge in [0.2, 0.25) is 0 Å². The molecule has 0 heterocycles. The molecule has 0 saturated carbocycles. The number of nitrogens with one attached hydrogen (secondary N) is 1. The molecule has 2 aromatic carbocycles. The minimum Gasteiger partial charge on any atom is -0.384 e. The van der Waals surface area contributed by atoms with E-state index >= 15 is 0 Å². The molecule has 0 bridgehead atoms. The molecule has 0 amide bonds. The summed E-state index contributed by atoms with van der Waals surface area (Å²) in [5.74, 6) is 0.658. The van der Waals surface area contributed by atoms with Crippen molar-refractivity contribution >= 4 is 5.69 Å². The Balaban J connectivity index is 1.66. The van der Waals surface area contributed by atoms with Crippen molar-refractivity contribution in [2.45, 2.75) is 38.5 Å². The van der Waals surface area contributed by atoms with Crippen LogP contribution < -0.4 is 5.32 Å². The van der Waals surface area contributed by atoms with Crippen LogP contribution in [-0.4, -0.2) is 6.54 Å². The maximum Gasteiger partial charge on any atom is 0.0340 e. The Kier molecular flexibility index (Phi) is 4.05. The van der Waals surface area contributed by atoms with Crippen LogP contribution in [0.15, 0.2) is 48.5 Å². The lowest BCUT2D eigenvalue weighted by Crippen LogP contribution is -2.18. The third-order valence-corrected chi connectivity index (χ3v) is 4.41. The first kappa shape index (κ1) is 13.2. The third-order valence-electron chi connectivity index (χ3n) is 4.41. The van der Waals surface area contributed by atoms with Gasteiger partial charge < -0.3 is 5.32 Å². The van der Waals surface area contributed by atoms with Gasteiger partial charge in [0.25, 0.3) is 0 Å². The average Bonchev–Trinajstić information content (AvgIpc) is 2.53. The highest BCUT2D eigenvalue weighted by Crippen LogP contribution is 2.31. The van der Waals surface area contributed by atoms with Gasteiger partial charge in [0.05, 0.1) is 0 Å². The van der Waals surface area contributed by atoms with Crippen molar-refractivity contribution in [1.82, 2.24) is 0 Å². The molecule has 20 heavy (non-hydrogen) atoms. The molecule has 1 unspecified atom stereocenters. The zero-order valence-corrected chi connectivity index (χ0v) is 12.2. The van der Waals surface area contributed by atoms with Gasteiger partial charge in [-0.1, -0.05) is 43.3 Å². The van der Waals surface area contributed by atoms with Crippen LogP contribution in [0.3, 0.4) is 0 Å². The Bertz CT molecular complexity index is 556. The highest BCUT2D eigenvalue weighted by molar-refractivity contribution is 5.45. The quantitative estimate of drug-likeness (QED) is 0.838. The molecule has 0 aromatic heterocycles. The summed E-state index contributed by atoms with van der Waals surface area (Å²) in [7, 11) is 0. The SMILES string of the molecule is CCc1ccc(NCC2CCCc3ccccc32)cc1. The second kappa shape index (κ2) is 6.13. The largest absolute Gasteiger partial charge is 0.384 e. The van der Waals surface area contributed by atoms with Crippen molar-refractivity contribution in [2.24, 2.45) is 0 Å². The van der Waals surface area contributed by atoms with E-state index in [0.717, 1.165) is 13.0 Å². The molecule has 104 valence electrons. The second-order valence-electron chi connectivity index (χ2n) is 5.72. The number of anilines is 1. The van der Waals surface area contributed by atoms with Crippen LogP contribution in [0.4, 0.5) is 5.69 Å². The zero-order chi connectivity index (χ0) is 13.8. The number of fused-ring (bicyclic) bond motifs is 1. The summed E-state index contributed by atoms with van der Waals surface area (Å²) in [6.45, 7) is 3.24. The van der Waals surface area contributed by atoms with E-state index in [1.165, 1.54) is 30.5 Å². The second-order valence-corrected chi connectivity index (χ2v) is 5.72. The van der Waals surface area contributed by atoms with Crippen LogP contribution in [0.5, 0.6) is 0 Å². The summed E-state index contributed by atoms with van der Waals surface area (Å²) in [5.41, 5.74) is 5.74. The first-order valence-electron chi connectivity index (χ1n) is 7.77. The van der Waals surface area contributed by atoms with E-state index in [4.69, 9.17) is 0 Å². The van der Waals surface area contributed by atoms with E-state index in [1.807, 2.05) is 0 Å². The predicted octanol–water partition coefficient (Wildman–Crippen LogP) is 4.78. The number of rotatable bonds is 4. The van der Waals surface area contributed by atoms with Gasteiger partial charge in [-0.2, -0.15) is 0 Å². The van der Waals surface area contributed by atoms with Crippen LogP contribution in [0.1, 0.15) is 42.4 Å². The van der Waals surface area contributed by atoms with E-state index < -0.39 is 0 Å². The molecule has 0 spiro atoms. The summed E-state index contributed by atoms with van der Waals surface area (Å²) in [6.07, 6.45) is 4.98. The van der Waals surface area contributed by atoms with E-state index in [-0.39, 0.29) is 0 Å². The molecule has 3 rings (SSSR count). The fraction of sp³-hybridized carbons (Fsp3) is 0.368. The van der Waals surface area contributed by atoms with Gasteiger partial charge in [0.15, 0.2) is 0 Å². The van der Waals surface area contributed by atoms with Crippen LogP contribution >= 0.6 is 0 Å². The molecule has 1 nitrogen and oxygen atoms in total. The maximum absolute atomic E-state index is 3.61. The van der Waals surface area contributed by atoms with Crippen LogP contribution in [0.25, 0.3) is 0 Å². The monoisotopic (exact) mass is 265 g/mol. The molecule has 0 radical (unpaired) electrons. The zero-order valence-electron chi connectivity index (χ0n) is 12.2. The van der Waals surface area contributed by atoms with Gasteiger partial charge in [0.1, 0.15) is 0 Å². The van der Waals surface area contributed by atoms with Crippen molar-refractivity contribution in [3.05, 3.63) is 65.2 Å². The molecule has 0 fully saturated rings. The van der Waals surface area contributed by atoms with Crippen LogP contribution in [0.2, 0.25) is 0 Å². The first-order chi connectivity index (χ1) is 9.86. The molecule has 0 saturated heterocycles. The van der Waals surface area contributed by atoms with Crippen LogP contribution in [-0.2, 0) is 12.8 Å². The minimum atomic E-state index is 0.658. The molecule has 2 aromatic rings. The smallest absolute Gasteiger partial charge is 0.0340 e. The summed E-state index contributed by atoms with van der Waals surface area (Å²) in [5, 5.41) is 3.61. The normalized spacial score (nSPS) is 17.6. The van der Waals surface area contributed by atoms with Gasteiger partial charge in [0, 0.05) is 18.2 Å². The Labute approximate surface area is 122 Å². The minimum absolute atomic E-state index is 0.658. The third kappa shape index (κ3) is 2.87. The Morgan fingerprint density at radius 2 is 1.85 bits per heavy atom. The number of aryl methyl sites for hydroxylation is 2. The molecule has 1 N–H and O–H groups in total. The van der Waals surface area contributed by atoms with E-state index in [2.05, 4.69) is 60.8 Å². The molecular formula is C19H23N. The van der Waals surface area contributed by atoms with Crippen molar-refractivity contribution in [3.63, 3.8) is 0 Å². The summed E-state index contributed by atoms with van der Waals surface area (Å²) in [6, 6.07) is 17.8. The van der Waals surface area contributed by atoms with Crippen molar-refractivity contribution in [2.75, 3.05) is 11.9 Å². The lowest BCUT2D eigenvalue weighted by atomic mass is 9.83. The van der Waals surface area contributed by atoms with Gasteiger partial charge >= 0.3 is 0 Å². The lowest BCUT2D eigenvalue weighted by molar-refractivity contribution is 0.572. The van der Waals surface area contributed by atoms with Gasteiger partial charge in [-0.05, 0) is 54.5 Å². The lowest BCUT2D eigenvalue weighted by Gasteiger charge is -2.26. The fourth-order valence-electron chi connectivity index (χ4n) is 3.17. The molecule has 1 atom stereocenters. The number of hydrogen-bond donors (Lipinski definition) is 1. The standard InChI is InChI=1S/C19H23N/c1-2-15-10-12-18(13-11-15)20-14-17-8-5-7-16-6-3-4-9-19(16)17/h3-4,6,9-13,17,20H,2,5,7-8,14H2,1H3. The Morgan fingerprint density at radius 1 is 1.05 bits per heavy atom. The molecule has 0 aliphatic heterocycles. The van der Waals surface area contributed by atoms with Crippen LogP contribution in [0, 0.1) is 0 Å². The van der Waals surface area contributed by atoms with Gasteiger partial charge in [-0.3, -0.25) is 0 Å². The maximum atomic E-state index is 3.61. The summed E-state index contributed by atoms with van der Waals surface area (Å²) in [4.78, 5) is 0.